The van der Waals surface area contributed by atoms with Crippen LogP contribution in [0.3, 0.4) is 0 Å². The van der Waals surface area contributed by atoms with Gasteiger partial charge >= 0.3 is 0 Å². The van der Waals surface area contributed by atoms with Gasteiger partial charge in [0, 0.05) is 36.7 Å². The Morgan fingerprint density at radius 1 is 1.00 bits per heavy atom. The van der Waals surface area contributed by atoms with E-state index in [0.29, 0.717) is 37.5 Å². The smallest absolute Gasteiger partial charge is 0.262 e. The van der Waals surface area contributed by atoms with Crippen molar-refractivity contribution in [3.63, 3.8) is 0 Å². The second-order valence-corrected chi connectivity index (χ2v) is 8.70. The Morgan fingerprint density at radius 3 is 2.64 bits per heavy atom. The number of benzene rings is 2. The van der Waals surface area contributed by atoms with Crippen LogP contribution in [0.25, 0.3) is 10.9 Å². The Morgan fingerprint density at radius 2 is 1.82 bits per heavy atom. The number of aromatic amines is 1. The van der Waals surface area contributed by atoms with E-state index in [1.165, 1.54) is 11.3 Å². The van der Waals surface area contributed by atoms with Crippen LogP contribution in [0.5, 0.6) is 0 Å². The predicted octanol–water partition coefficient (Wildman–Crippen LogP) is 4.29. The van der Waals surface area contributed by atoms with Gasteiger partial charge in [-0.05, 0) is 35.1 Å². The first-order valence-corrected chi connectivity index (χ1v) is 11.9. The first kappa shape index (κ1) is 22.8. The maximum absolute atomic E-state index is 13.0. The van der Waals surface area contributed by atoms with E-state index in [1.54, 1.807) is 6.07 Å². The summed E-state index contributed by atoms with van der Waals surface area (Å²) in [6, 6.07) is 20.8. The van der Waals surface area contributed by atoms with Gasteiger partial charge in [0.2, 0.25) is 5.91 Å². The van der Waals surface area contributed by atoms with Crippen LogP contribution in [0.1, 0.15) is 27.2 Å². The Bertz CT molecular complexity index is 1170. The number of nitrogens with one attached hydrogen (secondary N) is 3. The van der Waals surface area contributed by atoms with Crippen molar-refractivity contribution in [2.45, 2.75) is 25.5 Å². The summed E-state index contributed by atoms with van der Waals surface area (Å²) in [6.07, 6.45) is 2.99. The SMILES string of the molecule is O=C(NC(Cc1c[nH]c2ccccc12)C(=O)NCCCOCc1ccccc1)c1cccs1. The molecule has 2 aromatic carbocycles. The molecule has 0 bridgehead atoms. The molecule has 2 aromatic heterocycles. The van der Waals surface area contributed by atoms with Gasteiger partial charge < -0.3 is 20.4 Å². The summed E-state index contributed by atoms with van der Waals surface area (Å²) in [4.78, 5) is 29.5. The topological polar surface area (TPSA) is 83.2 Å². The molecule has 0 aliphatic rings. The fourth-order valence-electron chi connectivity index (χ4n) is 3.64. The van der Waals surface area contributed by atoms with Crippen LogP contribution in [0, 0.1) is 0 Å². The highest BCUT2D eigenvalue weighted by Crippen LogP contribution is 2.19. The number of para-hydroxylation sites is 1. The van der Waals surface area contributed by atoms with Crippen LogP contribution in [0.15, 0.2) is 78.3 Å². The molecule has 4 aromatic rings. The number of rotatable bonds is 11. The number of amides is 2. The largest absolute Gasteiger partial charge is 0.377 e. The zero-order valence-corrected chi connectivity index (χ0v) is 19.1. The molecule has 0 radical (unpaired) electrons. The van der Waals surface area contributed by atoms with Crippen LogP contribution in [0.2, 0.25) is 0 Å². The van der Waals surface area contributed by atoms with Crippen molar-refractivity contribution in [3.8, 4) is 0 Å². The first-order chi connectivity index (χ1) is 16.2. The Hall–Kier alpha value is -3.42. The van der Waals surface area contributed by atoms with Crippen molar-refractivity contribution in [2.75, 3.05) is 13.2 Å². The number of thiophene rings is 1. The fraction of sp³-hybridized carbons (Fsp3) is 0.231. The molecule has 7 heteroatoms. The van der Waals surface area contributed by atoms with Gasteiger partial charge in [-0.2, -0.15) is 0 Å². The van der Waals surface area contributed by atoms with Crippen LogP contribution < -0.4 is 10.6 Å². The summed E-state index contributed by atoms with van der Waals surface area (Å²) in [5.41, 5.74) is 3.12. The van der Waals surface area contributed by atoms with Crippen LogP contribution in [-0.4, -0.2) is 36.0 Å². The molecule has 2 amide bonds. The van der Waals surface area contributed by atoms with Crippen LogP contribution in [-0.2, 0) is 22.6 Å². The maximum atomic E-state index is 13.0. The number of aromatic nitrogens is 1. The van der Waals surface area contributed by atoms with Gasteiger partial charge in [-0.3, -0.25) is 9.59 Å². The van der Waals surface area contributed by atoms with Gasteiger partial charge in [0.1, 0.15) is 6.04 Å². The molecule has 0 spiro atoms. The summed E-state index contributed by atoms with van der Waals surface area (Å²) < 4.78 is 5.69. The number of carbonyl (C=O) groups is 2. The lowest BCUT2D eigenvalue weighted by Gasteiger charge is -2.18. The highest BCUT2D eigenvalue weighted by molar-refractivity contribution is 7.12. The molecular weight excluding hydrogens is 434 g/mol. The minimum absolute atomic E-state index is 0.201. The average molecular weight is 462 g/mol. The molecule has 6 nitrogen and oxygen atoms in total. The van der Waals surface area contributed by atoms with Gasteiger partial charge in [-0.1, -0.05) is 54.6 Å². The molecule has 1 atom stereocenters. The van der Waals surface area contributed by atoms with Crippen molar-refractivity contribution >= 4 is 34.1 Å². The van der Waals surface area contributed by atoms with Crippen molar-refractivity contribution in [1.29, 1.82) is 0 Å². The Balaban J connectivity index is 1.33. The van der Waals surface area contributed by atoms with E-state index in [-0.39, 0.29) is 11.8 Å². The quantitative estimate of drug-likeness (QED) is 0.291. The molecule has 2 heterocycles. The van der Waals surface area contributed by atoms with E-state index >= 15 is 0 Å². The van der Waals surface area contributed by atoms with E-state index in [1.807, 2.05) is 72.2 Å². The second-order valence-electron chi connectivity index (χ2n) is 7.75. The molecule has 0 saturated heterocycles. The molecule has 33 heavy (non-hydrogen) atoms. The molecular formula is C26H27N3O3S. The lowest BCUT2D eigenvalue weighted by Crippen LogP contribution is -2.48. The predicted molar refractivity (Wildman–Crippen MR) is 131 cm³/mol. The van der Waals surface area contributed by atoms with Gasteiger partial charge in [-0.15, -0.1) is 11.3 Å². The van der Waals surface area contributed by atoms with E-state index in [9.17, 15) is 9.59 Å². The van der Waals surface area contributed by atoms with Crippen molar-refractivity contribution in [2.24, 2.45) is 0 Å². The molecule has 0 aliphatic carbocycles. The monoisotopic (exact) mass is 461 g/mol. The minimum Gasteiger partial charge on any atom is -0.377 e. The fourth-order valence-corrected chi connectivity index (χ4v) is 4.27. The highest BCUT2D eigenvalue weighted by atomic mass is 32.1. The van der Waals surface area contributed by atoms with Crippen LogP contribution in [0.4, 0.5) is 0 Å². The summed E-state index contributed by atoms with van der Waals surface area (Å²) in [5, 5.41) is 8.76. The van der Waals surface area contributed by atoms with Gasteiger partial charge in [0.15, 0.2) is 0 Å². The van der Waals surface area contributed by atoms with Crippen LogP contribution >= 0.6 is 11.3 Å². The summed E-state index contributed by atoms with van der Waals surface area (Å²) in [5.74, 6) is -0.440. The molecule has 0 fully saturated rings. The van der Waals surface area contributed by atoms with E-state index in [4.69, 9.17) is 4.74 Å². The number of fused-ring (bicyclic) bond motifs is 1. The third kappa shape index (κ3) is 6.31. The van der Waals surface area contributed by atoms with Crippen molar-refractivity contribution in [3.05, 3.63) is 94.3 Å². The number of ether oxygens (including phenoxy) is 1. The average Bonchev–Trinajstić information content (AvgIpc) is 3.52. The molecule has 0 aliphatic heterocycles. The molecule has 3 N–H and O–H groups in total. The second kappa shape index (κ2) is 11.4. The summed E-state index contributed by atoms with van der Waals surface area (Å²) >= 11 is 1.35. The van der Waals surface area contributed by atoms with Gasteiger partial charge in [0.05, 0.1) is 11.5 Å². The Kier molecular flexibility index (Phi) is 7.90. The van der Waals surface area contributed by atoms with E-state index in [0.717, 1.165) is 22.0 Å². The lowest BCUT2D eigenvalue weighted by atomic mass is 10.0. The van der Waals surface area contributed by atoms with E-state index < -0.39 is 6.04 Å². The van der Waals surface area contributed by atoms with Gasteiger partial charge in [0.25, 0.3) is 5.91 Å². The number of carbonyl (C=O) groups excluding carboxylic acids is 2. The molecule has 1 unspecified atom stereocenters. The molecule has 0 saturated carbocycles. The van der Waals surface area contributed by atoms with Crippen molar-refractivity contribution < 1.29 is 14.3 Å². The number of hydrogen-bond donors (Lipinski definition) is 3. The minimum atomic E-state index is -0.677. The van der Waals surface area contributed by atoms with Gasteiger partial charge in [-0.25, -0.2) is 0 Å². The Labute approximate surface area is 197 Å². The molecule has 170 valence electrons. The normalized spacial score (nSPS) is 11.9. The third-order valence-corrected chi connectivity index (χ3v) is 6.21. The zero-order chi connectivity index (χ0) is 22.9. The van der Waals surface area contributed by atoms with Crippen molar-refractivity contribution in [1.82, 2.24) is 15.6 Å². The summed E-state index contributed by atoms with van der Waals surface area (Å²) in [6.45, 7) is 1.57. The highest BCUT2D eigenvalue weighted by Gasteiger charge is 2.23. The third-order valence-electron chi connectivity index (χ3n) is 5.34. The first-order valence-electron chi connectivity index (χ1n) is 11.0. The standard InChI is InChI=1S/C26H27N3O3S/c30-25(27-13-7-14-32-18-19-8-2-1-3-9-19)23(29-26(31)24-12-6-15-33-24)16-20-17-28-22-11-5-4-10-21(20)22/h1-6,8-12,15,17,23,28H,7,13-14,16,18H2,(H,27,30)(H,29,31). The van der Waals surface area contributed by atoms with E-state index in [2.05, 4.69) is 15.6 Å². The number of hydrogen-bond acceptors (Lipinski definition) is 4. The maximum Gasteiger partial charge on any atom is 0.262 e. The number of H-pyrrole nitrogens is 1. The zero-order valence-electron chi connectivity index (χ0n) is 18.3. The molecule has 4 rings (SSSR count). The summed E-state index contributed by atoms with van der Waals surface area (Å²) in [7, 11) is 0. The lowest BCUT2D eigenvalue weighted by molar-refractivity contribution is -0.123.